The monoisotopic (exact) mass is 401 g/mol. The lowest BCUT2D eigenvalue weighted by Gasteiger charge is -2.31. The highest BCUT2D eigenvalue weighted by atomic mass is 32.1. The highest BCUT2D eigenvalue weighted by Crippen LogP contribution is 2.34. The summed E-state index contributed by atoms with van der Waals surface area (Å²) in [5.41, 5.74) is 3.48. The molecule has 2 aromatic rings. The first-order chi connectivity index (χ1) is 13.6. The number of rotatable bonds is 5. The summed E-state index contributed by atoms with van der Waals surface area (Å²) in [5.74, 6) is 0.440. The molecule has 1 aliphatic carbocycles. The largest absolute Gasteiger partial charge is 0.379 e. The van der Waals surface area contributed by atoms with Gasteiger partial charge in [0.15, 0.2) is 5.13 Å². The molecule has 2 aliphatic rings. The maximum Gasteiger partial charge on any atom is 0.231 e. The van der Waals surface area contributed by atoms with E-state index in [0.29, 0.717) is 6.54 Å². The van der Waals surface area contributed by atoms with Gasteiger partial charge in [0, 0.05) is 32.1 Å². The van der Waals surface area contributed by atoms with Crippen LogP contribution < -0.4 is 4.90 Å². The molecular weight excluding hydrogens is 370 g/mol. The normalized spacial score (nSPS) is 19.2. The van der Waals surface area contributed by atoms with Gasteiger partial charge >= 0.3 is 0 Å². The Hall–Kier alpha value is -1.50. The third-order valence-electron chi connectivity index (χ3n) is 6.01. The van der Waals surface area contributed by atoms with E-state index in [9.17, 15) is 4.79 Å². The Balaban J connectivity index is 1.59. The summed E-state index contributed by atoms with van der Waals surface area (Å²) in [4.78, 5) is 22.8. The van der Waals surface area contributed by atoms with Crippen LogP contribution in [0.3, 0.4) is 0 Å². The number of ether oxygens (including phenoxy) is 1. The lowest BCUT2D eigenvalue weighted by atomic mass is 9.88. The van der Waals surface area contributed by atoms with Crippen molar-refractivity contribution in [2.45, 2.75) is 46.0 Å². The number of carbonyl (C=O) groups excluding carboxylic acids is 1. The molecule has 1 saturated carbocycles. The van der Waals surface area contributed by atoms with E-state index >= 15 is 0 Å². The number of nitrogens with zero attached hydrogens (tertiary/aromatic N) is 3. The van der Waals surface area contributed by atoms with Crippen molar-refractivity contribution in [3.8, 4) is 0 Å². The first kappa shape index (κ1) is 19.8. The Morgan fingerprint density at radius 3 is 2.71 bits per heavy atom. The van der Waals surface area contributed by atoms with Gasteiger partial charge in [0.25, 0.3) is 0 Å². The van der Waals surface area contributed by atoms with Crippen LogP contribution >= 0.6 is 11.3 Å². The summed E-state index contributed by atoms with van der Waals surface area (Å²) >= 11 is 1.66. The van der Waals surface area contributed by atoms with Crippen molar-refractivity contribution >= 4 is 32.6 Å². The molecule has 152 valence electrons. The molecule has 28 heavy (non-hydrogen) atoms. The molecule has 1 aliphatic heterocycles. The number of aromatic nitrogens is 1. The first-order valence-electron chi connectivity index (χ1n) is 10.6. The van der Waals surface area contributed by atoms with Gasteiger partial charge in [-0.05, 0) is 43.9 Å². The Kier molecular flexibility index (Phi) is 6.28. The highest BCUT2D eigenvalue weighted by Gasteiger charge is 2.29. The predicted octanol–water partition coefficient (Wildman–Crippen LogP) is 4.16. The lowest BCUT2D eigenvalue weighted by Crippen LogP contribution is -2.45. The van der Waals surface area contributed by atoms with Crippen LogP contribution in [0.4, 0.5) is 5.13 Å². The zero-order valence-electron chi connectivity index (χ0n) is 17.1. The fraction of sp³-hybridized carbons (Fsp3) is 0.636. The molecule has 2 fully saturated rings. The molecule has 0 N–H and O–H groups in total. The molecular formula is C22H31N3O2S. The van der Waals surface area contributed by atoms with Crippen molar-refractivity contribution < 1.29 is 9.53 Å². The van der Waals surface area contributed by atoms with Gasteiger partial charge in [0.1, 0.15) is 0 Å². The first-order valence-corrected chi connectivity index (χ1v) is 11.4. The van der Waals surface area contributed by atoms with Crippen molar-refractivity contribution in [1.29, 1.82) is 0 Å². The summed E-state index contributed by atoms with van der Waals surface area (Å²) in [6.45, 7) is 9.30. The van der Waals surface area contributed by atoms with Crippen LogP contribution in [0.15, 0.2) is 12.1 Å². The zero-order chi connectivity index (χ0) is 19.5. The molecule has 0 radical (unpaired) electrons. The summed E-state index contributed by atoms with van der Waals surface area (Å²) in [7, 11) is 0. The Morgan fingerprint density at radius 2 is 1.96 bits per heavy atom. The summed E-state index contributed by atoms with van der Waals surface area (Å²) in [6.07, 6.45) is 5.65. The molecule has 1 aromatic heterocycles. The second-order valence-corrected chi connectivity index (χ2v) is 9.21. The zero-order valence-corrected chi connectivity index (χ0v) is 17.9. The van der Waals surface area contributed by atoms with Crippen molar-refractivity contribution in [3.63, 3.8) is 0 Å². The molecule has 6 heteroatoms. The van der Waals surface area contributed by atoms with Crippen molar-refractivity contribution in [1.82, 2.24) is 9.88 Å². The highest BCUT2D eigenvalue weighted by molar-refractivity contribution is 7.22. The maximum absolute atomic E-state index is 13.4. The number of thiazole rings is 1. The number of aryl methyl sites for hydroxylation is 2. The molecule has 0 atom stereocenters. The standard InChI is InChI=1S/C22H31N3O2S/c1-16-14-17(2)20-19(15-16)28-22(23-20)25(9-8-24-10-12-27-13-11-24)21(26)18-6-4-3-5-7-18/h14-15,18H,3-13H2,1-2H3. The minimum Gasteiger partial charge on any atom is -0.379 e. The number of benzene rings is 1. The number of hydrogen-bond acceptors (Lipinski definition) is 5. The van der Waals surface area contributed by atoms with Gasteiger partial charge in [-0.2, -0.15) is 0 Å². The number of fused-ring (bicyclic) bond motifs is 1. The van der Waals surface area contributed by atoms with Gasteiger partial charge in [-0.25, -0.2) is 4.98 Å². The minimum atomic E-state index is 0.160. The quantitative estimate of drug-likeness (QED) is 0.755. The molecule has 1 amide bonds. The van der Waals surface area contributed by atoms with Crippen LogP contribution in [0.1, 0.15) is 43.2 Å². The van der Waals surface area contributed by atoms with Gasteiger partial charge in [0.2, 0.25) is 5.91 Å². The average Bonchev–Trinajstić information content (AvgIpc) is 3.13. The van der Waals surface area contributed by atoms with E-state index in [1.165, 1.54) is 35.1 Å². The van der Waals surface area contributed by atoms with Gasteiger partial charge in [-0.3, -0.25) is 14.6 Å². The van der Waals surface area contributed by atoms with Crippen LogP contribution in [-0.2, 0) is 9.53 Å². The molecule has 1 aromatic carbocycles. The molecule has 0 bridgehead atoms. The molecule has 5 nitrogen and oxygen atoms in total. The van der Waals surface area contributed by atoms with Crippen LogP contribution in [-0.4, -0.2) is 55.2 Å². The summed E-state index contributed by atoms with van der Waals surface area (Å²) < 4.78 is 6.65. The summed E-state index contributed by atoms with van der Waals surface area (Å²) in [5, 5.41) is 0.868. The molecule has 4 rings (SSSR count). The number of hydrogen-bond donors (Lipinski definition) is 0. The predicted molar refractivity (Wildman–Crippen MR) is 115 cm³/mol. The number of carbonyl (C=O) groups is 1. The fourth-order valence-electron chi connectivity index (χ4n) is 4.41. The number of anilines is 1. The minimum absolute atomic E-state index is 0.160. The van der Waals surface area contributed by atoms with Crippen molar-refractivity contribution in [2.24, 2.45) is 5.92 Å². The van der Waals surface area contributed by atoms with E-state index in [4.69, 9.17) is 9.72 Å². The summed E-state index contributed by atoms with van der Waals surface area (Å²) in [6, 6.07) is 4.36. The van der Waals surface area contributed by atoms with Crippen molar-refractivity contribution in [2.75, 3.05) is 44.3 Å². The van der Waals surface area contributed by atoms with Gasteiger partial charge < -0.3 is 4.74 Å². The molecule has 0 spiro atoms. The van der Waals surface area contributed by atoms with Crippen LogP contribution in [0.2, 0.25) is 0 Å². The van der Waals surface area contributed by atoms with Crippen LogP contribution in [0.25, 0.3) is 10.2 Å². The Morgan fingerprint density at radius 1 is 1.21 bits per heavy atom. The van der Waals surface area contributed by atoms with Crippen LogP contribution in [0.5, 0.6) is 0 Å². The second kappa shape index (κ2) is 8.89. The average molecular weight is 402 g/mol. The molecule has 0 unspecified atom stereocenters. The SMILES string of the molecule is Cc1cc(C)c2nc(N(CCN3CCOCC3)C(=O)C3CCCCC3)sc2c1. The lowest BCUT2D eigenvalue weighted by molar-refractivity contribution is -0.123. The third kappa shape index (κ3) is 4.39. The number of morpholine rings is 1. The van der Waals surface area contributed by atoms with E-state index in [1.807, 2.05) is 4.90 Å². The van der Waals surface area contributed by atoms with E-state index < -0.39 is 0 Å². The topological polar surface area (TPSA) is 45.7 Å². The van der Waals surface area contributed by atoms with Crippen molar-refractivity contribution in [3.05, 3.63) is 23.3 Å². The smallest absolute Gasteiger partial charge is 0.231 e. The molecule has 2 heterocycles. The van der Waals surface area contributed by atoms with E-state index in [2.05, 4.69) is 30.9 Å². The Labute approximate surface area is 171 Å². The molecule has 1 saturated heterocycles. The fourth-order valence-corrected chi connectivity index (χ4v) is 5.58. The Bertz CT molecular complexity index is 823. The van der Waals surface area contributed by atoms with E-state index in [0.717, 1.165) is 56.3 Å². The third-order valence-corrected chi connectivity index (χ3v) is 7.04. The van der Waals surface area contributed by atoms with Gasteiger partial charge in [0.05, 0.1) is 23.4 Å². The van der Waals surface area contributed by atoms with Crippen LogP contribution in [0, 0.1) is 19.8 Å². The maximum atomic E-state index is 13.4. The number of amides is 1. The second-order valence-electron chi connectivity index (χ2n) is 8.20. The van der Waals surface area contributed by atoms with Gasteiger partial charge in [-0.15, -0.1) is 0 Å². The van der Waals surface area contributed by atoms with E-state index in [-0.39, 0.29) is 11.8 Å². The van der Waals surface area contributed by atoms with E-state index in [1.54, 1.807) is 11.3 Å². The van der Waals surface area contributed by atoms with Gasteiger partial charge in [-0.1, -0.05) is 36.7 Å².